The maximum atomic E-state index is 13.9. The molecule has 9 aliphatic rings. The van der Waals surface area contributed by atoms with Crippen molar-refractivity contribution in [3.05, 3.63) is 123 Å². The van der Waals surface area contributed by atoms with Gasteiger partial charge in [-0.2, -0.15) is 35.8 Å². The van der Waals surface area contributed by atoms with Crippen LogP contribution in [0.15, 0.2) is 99.9 Å². The van der Waals surface area contributed by atoms with Gasteiger partial charge in [0.15, 0.2) is 0 Å². The standard InChI is InChI=1S/C18H16FN3O2S.C17H25BN2O4S.C12H24B2O4.C11H13BrN2O2S.C7H3BrFN/c1-21-18-9-13(14-3-2-4-16(19)15(14)10-20)7-8-17(18)22(25(21,23)24)11-12-5-6-12;1-16(2)17(3,4)24-18(23-16)13-8-9-14-15(10-13)19(5)25(21,22)20(14)11-12-6-7-12;1-9(2)10(3,4)16-13(15-9)14-17-11(5,6)12(7,8)18-14;1-13-11-6-9(12)4-5-10(11)14(17(13,15)16)7-8-2-3-8;8-6-2-1-3-7(9)5(6)4-10/h2-4,7-9,12H,5-6,11H2,1H3;8-10,12H,6-7,11H2,1-5H3;1-8H3;4-6,8H,2-3,7H2,1H3;1-3H. The summed E-state index contributed by atoms with van der Waals surface area (Å²) in [5.41, 5.74) is 3.80. The molecule has 3 saturated heterocycles. The van der Waals surface area contributed by atoms with E-state index in [2.05, 4.69) is 31.9 Å². The molecule has 14 rings (SSSR count). The molecular formula is C65H81B3Br2F2N8O12S3. The minimum absolute atomic E-state index is 0.0409. The van der Waals surface area contributed by atoms with E-state index in [4.69, 9.17) is 33.2 Å². The zero-order valence-corrected chi connectivity index (χ0v) is 61.8. The molecule has 20 nitrogen and oxygen atoms in total. The zero-order valence-electron chi connectivity index (χ0n) is 56.2. The number of rotatable bonds is 9. The van der Waals surface area contributed by atoms with E-state index in [0.29, 0.717) is 70.0 Å². The third kappa shape index (κ3) is 14.3. The quantitative estimate of drug-likeness (QED) is 0.125. The summed E-state index contributed by atoms with van der Waals surface area (Å²) in [5.74, 6) is 0.362. The molecule has 0 bridgehead atoms. The summed E-state index contributed by atoms with van der Waals surface area (Å²) in [6.45, 7) is 25.9. The van der Waals surface area contributed by atoms with Crippen molar-refractivity contribution >= 4 is 123 Å². The molecule has 6 aliphatic heterocycles. The van der Waals surface area contributed by atoms with Crippen LogP contribution in [-0.2, 0) is 58.6 Å². The first-order valence-electron chi connectivity index (χ1n) is 31.6. The number of hydrogen-bond donors (Lipinski definition) is 0. The van der Waals surface area contributed by atoms with Gasteiger partial charge in [-0.1, -0.05) is 46.3 Å². The first kappa shape index (κ1) is 72.3. The molecular weight excluding hydrogens is 1410 g/mol. The Morgan fingerprint density at radius 2 is 0.811 bits per heavy atom. The summed E-state index contributed by atoms with van der Waals surface area (Å²) in [7, 11) is -7.13. The van der Waals surface area contributed by atoms with Gasteiger partial charge in [0.1, 0.15) is 29.3 Å². The summed E-state index contributed by atoms with van der Waals surface area (Å²) in [5, 5.41) is 17.6. The van der Waals surface area contributed by atoms with Gasteiger partial charge in [-0.05, 0) is 227 Å². The highest BCUT2D eigenvalue weighted by Gasteiger charge is 2.64. The number of benzene rings is 5. The van der Waals surface area contributed by atoms with Crippen LogP contribution in [0.1, 0.15) is 133 Å². The Hall–Kier alpha value is -5.50. The van der Waals surface area contributed by atoms with Crippen LogP contribution in [0.4, 0.5) is 42.9 Å². The van der Waals surface area contributed by atoms with Crippen molar-refractivity contribution in [2.45, 2.75) is 155 Å². The van der Waals surface area contributed by atoms with Gasteiger partial charge >= 0.3 is 51.8 Å². The van der Waals surface area contributed by atoms with Crippen LogP contribution >= 0.6 is 31.9 Å². The van der Waals surface area contributed by atoms with Crippen LogP contribution in [0.25, 0.3) is 11.1 Å². The summed E-state index contributed by atoms with van der Waals surface area (Å²) in [6.07, 6.45) is 6.60. The van der Waals surface area contributed by atoms with Gasteiger partial charge in [-0.25, -0.2) is 8.78 Å². The van der Waals surface area contributed by atoms with Crippen molar-refractivity contribution in [3.63, 3.8) is 0 Å². The highest BCUT2D eigenvalue weighted by Crippen LogP contribution is 2.49. The predicted molar refractivity (Wildman–Crippen MR) is 376 cm³/mol. The third-order valence-electron chi connectivity index (χ3n) is 19.8. The Kier molecular flexibility index (Phi) is 19.8. The lowest BCUT2D eigenvalue weighted by Gasteiger charge is -2.32. The van der Waals surface area contributed by atoms with E-state index in [0.717, 1.165) is 65.5 Å². The van der Waals surface area contributed by atoms with E-state index in [1.165, 1.54) is 45.0 Å². The Labute approximate surface area is 577 Å². The first-order chi connectivity index (χ1) is 44.1. The van der Waals surface area contributed by atoms with Gasteiger partial charge in [-0.15, -0.1) is 0 Å². The lowest BCUT2D eigenvalue weighted by atomic mass is 9.49. The summed E-state index contributed by atoms with van der Waals surface area (Å²) < 4.78 is 148. The number of anilines is 6. The lowest BCUT2D eigenvalue weighted by Crippen LogP contribution is -2.41. The average molecular weight is 1490 g/mol. The molecule has 0 N–H and O–H groups in total. The van der Waals surface area contributed by atoms with Crippen LogP contribution in [0, 0.1) is 52.1 Å². The maximum absolute atomic E-state index is 13.9. The number of hydrogen-bond acceptors (Lipinski definition) is 14. The van der Waals surface area contributed by atoms with Crippen LogP contribution in [0.3, 0.4) is 0 Å². The summed E-state index contributed by atoms with van der Waals surface area (Å²) in [4.78, 5) is 0. The van der Waals surface area contributed by atoms with Gasteiger partial charge in [0.2, 0.25) is 0 Å². The second-order valence-corrected chi connectivity index (χ2v) is 35.7. The minimum Gasteiger partial charge on any atom is -0.405 e. The number of nitriles is 2. The fourth-order valence-corrected chi connectivity index (χ4v) is 16.4. The second kappa shape index (κ2) is 26.0. The molecule has 5 aromatic rings. The van der Waals surface area contributed by atoms with E-state index in [-0.39, 0.29) is 33.5 Å². The van der Waals surface area contributed by atoms with E-state index >= 15 is 0 Å². The van der Waals surface area contributed by atoms with Gasteiger partial charge in [0.05, 0.1) is 73.3 Å². The minimum atomic E-state index is -3.58. The van der Waals surface area contributed by atoms with Gasteiger partial charge in [0, 0.05) is 55.3 Å². The molecule has 508 valence electrons. The molecule has 30 heteroatoms. The normalized spacial score (nSPS) is 22.6. The van der Waals surface area contributed by atoms with Crippen LogP contribution < -0.4 is 31.3 Å². The molecule has 0 amide bonds. The molecule has 0 spiro atoms. The van der Waals surface area contributed by atoms with Gasteiger partial charge in [-0.3, -0.25) is 25.8 Å². The zero-order chi connectivity index (χ0) is 69.7. The van der Waals surface area contributed by atoms with Crippen molar-refractivity contribution in [1.82, 2.24) is 0 Å². The van der Waals surface area contributed by atoms with E-state index in [1.807, 2.05) is 126 Å². The smallest absolute Gasteiger partial charge is 0.405 e. The monoisotopic (exact) mass is 1490 g/mol. The van der Waals surface area contributed by atoms with E-state index < -0.39 is 74.6 Å². The molecule has 0 atom stereocenters. The van der Waals surface area contributed by atoms with Crippen molar-refractivity contribution in [3.8, 4) is 23.3 Å². The molecule has 95 heavy (non-hydrogen) atoms. The van der Waals surface area contributed by atoms with Gasteiger partial charge in [0.25, 0.3) is 0 Å². The Balaban J connectivity index is 0.000000133. The summed E-state index contributed by atoms with van der Waals surface area (Å²) >= 11 is 6.42. The second-order valence-electron chi connectivity index (χ2n) is 28.3. The lowest BCUT2D eigenvalue weighted by molar-refractivity contribution is 0.00578. The van der Waals surface area contributed by atoms with Crippen molar-refractivity contribution in [1.29, 1.82) is 10.5 Å². The predicted octanol–water partition coefficient (Wildman–Crippen LogP) is 12.2. The van der Waals surface area contributed by atoms with Crippen LogP contribution in [0.5, 0.6) is 0 Å². The first-order valence-corrected chi connectivity index (χ1v) is 37.3. The van der Waals surface area contributed by atoms with Crippen molar-refractivity contribution in [2.24, 2.45) is 17.8 Å². The SMILES string of the molecule is CC1(C)OB(B2OC(C)(C)C(C)(C)O2)OC1(C)C.CN1c2cc(-c3cccc(F)c3C#N)ccc2N(CC2CC2)S1(=O)=O.CN1c2cc(B3OC(C)(C)C(C)(C)O3)ccc2N(CC2CC2)S1(=O)=O.CN1c2cc(Br)ccc2N(CC2CC2)S1(=O)=O.N#Cc1c(F)cccc1Br. The fraction of sp³-hybridized carbons (Fsp3) is 0.508. The molecule has 6 heterocycles. The molecule has 0 radical (unpaired) electrons. The molecule has 3 saturated carbocycles. The average Bonchev–Trinajstić information content (AvgIpc) is 1.61. The van der Waals surface area contributed by atoms with Crippen molar-refractivity contribution in [2.75, 3.05) is 66.6 Å². The Bertz CT molecular complexity index is 4150. The molecule has 0 unspecified atom stereocenters. The number of fused-ring (bicyclic) bond motifs is 3. The van der Waals surface area contributed by atoms with E-state index in [9.17, 15) is 39.3 Å². The molecule has 6 fully saturated rings. The molecule has 3 aliphatic carbocycles. The number of halogens is 4. The van der Waals surface area contributed by atoms with E-state index in [1.54, 1.807) is 62.6 Å². The summed E-state index contributed by atoms with van der Waals surface area (Å²) in [6, 6.07) is 28.9. The highest BCUT2D eigenvalue weighted by atomic mass is 79.9. The third-order valence-corrected chi connectivity index (χ3v) is 26.3. The van der Waals surface area contributed by atoms with Crippen LogP contribution in [-0.4, -0.2) is 121 Å². The largest absolute Gasteiger partial charge is 0.494 e. The maximum Gasteiger partial charge on any atom is 0.494 e. The molecule has 5 aromatic carbocycles. The topological polar surface area (TPSA) is 225 Å². The molecule has 0 aromatic heterocycles. The van der Waals surface area contributed by atoms with Crippen LogP contribution in [0.2, 0.25) is 0 Å². The highest BCUT2D eigenvalue weighted by molar-refractivity contribution is 9.10. The fourth-order valence-electron chi connectivity index (χ4n) is 11.1. The number of nitrogens with zero attached hydrogens (tertiary/aromatic N) is 8. The Morgan fingerprint density at radius 3 is 1.19 bits per heavy atom. The van der Waals surface area contributed by atoms with Crippen molar-refractivity contribution < 1.29 is 62.0 Å². The van der Waals surface area contributed by atoms with Gasteiger partial charge < -0.3 is 27.9 Å². The Morgan fingerprint density at radius 1 is 0.463 bits per heavy atom.